The third kappa shape index (κ3) is 4.03. The highest BCUT2D eigenvalue weighted by Crippen LogP contribution is 2.38. The van der Waals surface area contributed by atoms with Crippen LogP contribution >= 0.6 is 0 Å². The molecule has 0 aliphatic carbocycles. The van der Waals surface area contributed by atoms with Crippen LogP contribution in [0.15, 0.2) is 48.5 Å². The lowest BCUT2D eigenvalue weighted by molar-refractivity contribution is -0.136. The van der Waals surface area contributed by atoms with Gasteiger partial charge in [-0.15, -0.1) is 5.10 Å². The summed E-state index contributed by atoms with van der Waals surface area (Å²) in [7, 11) is 0. The highest BCUT2D eigenvalue weighted by Gasteiger charge is 2.26. The fourth-order valence-corrected chi connectivity index (χ4v) is 4.75. The van der Waals surface area contributed by atoms with E-state index in [0.29, 0.717) is 0 Å². The predicted octanol–water partition coefficient (Wildman–Crippen LogP) is 3.81. The molecule has 1 atom stereocenters. The Hall–Kier alpha value is -3.45. The number of fused-ring (bicyclic) bond motifs is 3. The lowest BCUT2D eigenvalue weighted by Gasteiger charge is -2.23. The Morgan fingerprint density at radius 3 is 3.00 bits per heavy atom. The molecule has 2 aliphatic rings. The normalized spacial score (nSPS) is 17.7. The zero-order valence-corrected chi connectivity index (χ0v) is 18.1. The Kier molecular flexibility index (Phi) is 5.49. The first-order valence-electron chi connectivity index (χ1n) is 11.1. The van der Waals surface area contributed by atoms with Crippen LogP contribution in [0.1, 0.15) is 41.3 Å². The van der Waals surface area contributed by atoms with Crippen LogP contribution in [0.3, 0.4) is 0 Å². The molecule has 3 N–H and O–H groups in total. The summed E-state index contributed by atoms with van der Waals surface area (Å²) >= 11 is 0. The second-order valence-electron chi connectivity index (χ2n) is 8.49. The molecule has 0 fully saturated rings. The van der Waals surface area contributed by atoms with Crippen molar-refractivity contribution in [3.8, 4) is 11.3 Å². The largest absolute Gasteiger partial charge is 0.481 e. The lowest BCUT2D eigenvalue weighted by Crippen LogP contribution is -2.20. The average molecular weight is 430 g/mol. The molecule has 0 bridgehead atoms. The lowest BCUT2D eigenvalue weighted by atomic mass is 9.90. The first-order valence-corrected chi connectivity index (χ1v) is 11.1. The molecule has 0 spiro atoms. The van der Waals surface area contributed by atoms with Crippen molar-refractivity contribution < 1.29 is 9.90 Å². The maximum absolute atomic E-state index is 11.1. The summed E-state index contributed by atoms with van der Waals surface area (Å²) in [5.74, 6) is -0.824. The molecule has 32 heavy (non-hydrogen) atoms. The van der Waals surface area contributed by atoms with Gasteiger partial charge in [0.2, 0.25) is 0 Å². The third-order valence-electron chi connectivity index (χ3n) is 6.27. The van der Waals surface area contributed by atoms with E-state index in [-0.39, 0.29) is 12.5 Å². The summed E-state index contributed by atoms with van der Waals surface area (Å²) in [6.07, 6.45) is 4.17. The minimum absolute atomic E-state index is 0.0172. The third-order valence-corrected chi connectivity index (χ3v) is 6.27. The molecule has 0 saturated carbocycles. The fourth-order valence-electron chi connectivity index (χ4n) is 4.75. The van der Waals surface area contributed by atoms with Crippen LogP contribution in [-0.4, -0.2) is 39.2 Å². The summed E-state index contributed by atoms with van der Waals surface area (Å²) < 4.78 is 2.00. The van der Waals surface area contributed by atoms with Crippen LogP contribution in [-0.2, 0) is 17.8 Å². The zero-order chi connectivity index (χ0) is 22.1. The van der Waals surface area contributed by atoms with Gasteiger partial charge in [-0.25, -0.2) is 4.68 Å². The van der Waals surface area contributed by atoms with Crippen LogP contribution in [0.2, 0.25) is 0 Å². The van der Waals surface area contributed by atoms with Gasteiger partial charge in [-0.1, -0.05) is 35.6 Å². The van der Waals surface area contributed by atoms with Crippen molar-refractivity contribution in [1.82, 2.24) is 20.3 Å². The smallest absolute Gasteiger partial charge is 0.307 e. The van der Waals surface area contributed by atoms with Gasteiger partial charge < -0.3 is 15.7 Å². The molecule has 2 aromatic carbocycles. The first kappa shape index (κ1) is 20.5. The SMILES string of the molecule is Cc1nnn2c1-c1ccc(C3=CCNCC3)cc1C(Nc1cccc(CC(=O)O)c1)CC2. The molecule has 7 heteroatoms. The molecule has 0 radical (unpaired) electrons. The number of carboxylic acids is 1. The Labute approximate surface area is 187 Å². The van der Waals surface area contributed by atoms with Gasteiger partial charge in [0.1, 0.15) is 0 Å². The first-order chi connectivity index (χ1) is 15.6. The summed E-state index contributed by atoms with van der Waals surface area (Å²) in [5, 5.41) is 24.9. The maximum atomic E-state index is 11.1. The van der Waals surface area contributed by atoms with Gasteiger partial charge in [-0.05, 0) is 66.8 Å². The quantitative estimate of drug-likeness (QED) is 0.571. The number of aromatic nitrogens is 3. The van der Waals surface area contributed by atoms with Crippen molar-refractivity contribution in [3.05, 3.63) is 70.9 Å². The summed E-state index contributed by atoms with van der Waals surface area (Å²) in [5.41, 5.74) is 8.76. The van der Waals surface area contributed by atoms with Crippen molar-refractivity contribution in [1.29, 1.82) is 0 Å². The monoisotopic (exact) mass is 429 g/mol. The van der Waals surface area contributed by atoms with Crippen LogP contribution in [0, 0.1) is 6.92 Å². The Morgan fingerprint density at radius 1 is 1.28 bits per heavy atom. The van der Waals surface area contributed by atoms with Crippen molar-refractivity contribution in [2.75, 3.05) is 18.4 Å². The molecule has 3 aromatic rings. The summed E-state index contributed by atoms with van der Waals surface area (Å²) in [6.45, 7) is 4.67. The second-order valence-corrected chi connectivity index (χ2v) is 8.49. The van der Waals surface area contributed by atoms with E-state index in [1.807, 2.05) is 35.9 Å². The minimum Gasteiger partial charge on any atom is -0.481 e. The Morgan fingerprint density at radius 2 is 2.19 bits per heavy atom. The predicted molar refractivity (Wildman–Crippen MR) is 124 cm³/mol. The van der Waals surface area contributed by atoms with Gasteiger partial charge in [-0.3, -0.25) is 4.79 Å². The number of carbonyl (C=O) groups is 1. The van der Waals surface area contributed by atoms with Gasteiger partial charge in [-0.2, -0.15) is 0 Å². The van der Waals surface area contributed by atoms with Crippen LogP contribution in [0.25, 0.3) is 16.8 Å². The van der Waals surface area contributed by atoms with E-state index >= 15 is 0 Å². The number of aliphatic carboxylic acids is 1. The molecular weight excluding hydrogens is 402 g/mol. The number of nitrogens with zero attached hydrogens (tertiary/aromatic N) is 3. The number of nitrogens with one attached hydrogen (secondary N) is 2. The van der Waals surface area contributed by atoms with Gasteiger partial charge in [0.15, 0.2) is 0 Å². The van der Waals surface area contributed by atoms with E-state index in [1.165, 1.54) is 16.7 Å². The van der Waals surface area contributed by atoms with Crippen molar-refractivity contribution >= 4 is 17.2 Å². The van der Waals surface area contributed by atoms with E-state index < -0.39 is 5.97 Å². The molecule has 1 aromatic heterocycles. The molecule has 1 unspecified atom stereocenters. The molecule has 3 heterocycles. The van der Waals surface area contributed by atoms with Crippen LogP contribution in [0.4, 0.5) is 5.69 Å². The number of anilines is 1. The fraction of sp³-hybridized carbons (Fsp3) is 0.320. The number of hydrogen-bond acceptors (Lipinski definition) is 5. The molecule has 2 aliphatic heterocycles. The van der Waals surface area contributed by atoms with E-state index in [4.69, 9.17) is 5.11 Å². The second kappa shape index (κ2) is 8.59. The topological polar surface area (TPSA) is 92.1 Å². The Balaban J connectivity index is 1.55. The summed E-state index contributed by atoms with van der Waals surface area (Å²) in [6, 6.07) is 14.5. The van der Waals surface area contributed by atoms with Gasteiger partial charge in [0.25, 0.3) is 0 Å². The van der Waals surface area contributed by atoms with E-state index in [9.17, 15) is 4.79 Å². The standard InChI is InChI=1S/C25H27N5O2/c1-16-25-21-6-5-19(18-7-10-26-11-8-18)15-22(21)23(9-12-30(25)29-28-16)27-20-4-2-3-17(13-20)14-24(31)32/h2-7,13,15,23,26-27H,8-12,14H2,1H3,(H,31,32). The number of hydrogen-bond donors (Lipinski definition) is 3. The van der Waals surface area contributed by atoms with Crippen LogP contribution in [0.5, 0.6) is 0 Å². The Bertz CT molecular complexity index is 1200. The number of rotatable bonds is 5. The molecule has 0 saturated heterocycles. The van der Waals surface area contributed by atoms with Crippen molar-refractivity contribution in [2.45, 2.75) is 38.8 Å². The molecular formula is C25H27N5O2. The van der Waals surface area contributed by atoms with E-state index in [2.05, 4.69) is 45.2 Å². The maximum Gasteiger partial charge on any atom is 0.307 e. The number of aryl methyl sites for hydroxylation is 2. The number of carboxylic acid groups (broad SMARTS) is 1. The minimum atomic E-state index is -0.824. The van der Waals surface area contributed by atoms with E-state index in [1.54, 1.807) is 0 Å². The van der Waals surface area contributed by atoms with Crippen LogP contribution < -0.4 is 10.6 Å². The molecule has 164 valence electrons. The molecule has 5 rings (SSSR count). The van der Waals surface area contributed by atoms with Gasteiger partial charge >= 0.3 is 5.97 Å². The van der Waals surface area contributed by atoms with Crippen molar-refractivity contribution in [3.63, 3.8) is 0 Å². The van der Waals surface area contributed by atoms with Gasteiger partial charge in [0, 0.05) is 24.3 Å². The van der Waals surface area contributed by atoms with Crippen molar-refractivity contribution in [2.24, 2.45) is 0 Å². The summed E-state index contributed by atoms with van der Waals surface area (Å²) in [4.78, 5) is 11.1. The average Bonchev–Trinajstić information content (AvgIpc) is 3.09. The van der Waals surface area contributed by atoms with Gasteiger partial charge in [0.05, 0.1) is 23.9 Å². The van der Waals surface area contributed by atoms with E-state index in [0.717, 1.165) is 60.7 Å². The zero-order valence-electron chi connectivity index (χ0n) is 18.1. The highest BCUT2D eigenvalue weighted by molar-refractivity contribution is 5.75. The highest BCUT2D eigenvalue weighted by atomic mass is 16.4. The molecule has 0 amide bonds. The molecule has 7 nitrogen and oxygen atoms in total. The number of benzene rings is 2.